The summed E-state index contributed by atoms with van der Waals surface area (Å²) in [5.41, 5.74) is 9.96. The van der Waals surface area contributed by atoms with Gasteiger partial charge in [0.25, 0.3) is 0 Å². The van der Waals surface area contributed by atoms with Crippen LogP contribution in [0.25, 0.3) is 11.1 Å². The molecule has 0 aromatic heterocycles. The Bertz CT molecular complexity index is 904. The van der Waals surface area contributed by atoms with Crippen molar-refractivity contribution in [2.45, 2.75) is 96.3 Å². The summed E-state index contributed by atoms with van der Waals surface area (Å²) >= 11 is 0. The maximum absolute atomic E-state index is 9.94. The Hall–Kier alpha value is -2.31. The average molecular weight is 480 g/mol. The number of rotatable bonds is 12. The van der Waals surface area contributed by atoms with Gasteiger partial charge in [-0.15, -0.1) is 12.4 Å². The second-order valence-electron chi connectivity index (χ2n) is 10.0. The fourth-order valence-electron chi connectivity index (χ4n) is 5.31. The Morgan fingerprint density at radius 2 is 1.38 bits per heavy atom. The number of nitriles is 1. The molecule has 3 rings (SSSR count). The van der Waals surface area contributed by atoms with Gasteiger partial charge in [-0.25, -0.2) is 0 Å². The van der Waals surface area contributed by atoms with Gasteiger partial charge in [-0.1, -0.05) is 107 Å². The van der Waals surface area contributed by atoms with E-state index in [1.807, 2.05) is 24.3 Å². The summed E-state index contributed by atoms with van der Waals surface area (Å²) in [7, 11) is 0. The largest absolute Gasteiger partial charge is 0.384 e. The summed E-state index contributed by atoms with van der Waals surface area (Å²) in [4.78, 5) is 0. The molecule has 4 heteroatoms. The third-order valence-corrected chi connectivity index (χ3v) is 7.60. The van der Waals surface area contributed by atoms with E-state index in [9.17, 15) is 5.26 Å². The van der Waals surface area contributed by atoms with Gasteiger partial charge < -0.3 is 5.73 Å². The van der Waals surface area contributed by atoms with Gasteiger partial charge in [0.2, 0.25) is 0 Å². The van der Waals surface area contributed by atoms with Crippen LogP contribution in [0, 0.1) is 22.2 Å². The highest BCUT2D eigenvalue weighted by Gasteiger charge is 2.35. The van der Waals surface area contributed by atoms with Gasteiger partial charge in [0.05, 0.1) is 11.5 Å². The van der Waals surface area contributed by atoms with Crippen LogP contribution in [-0.4, -0.2) is 5.84 Å². The molecule has 0 saturated heterocycles. The SMILES string of the molecule is CCCCCCCCCCC1(C#N)CCC(c2ccc(-c3ccc(C(=N)N)cc3)cc2)CC1.Cl. The Labute approximate surface area is 213 Å². The smallest absolute Gasteiger partial charge is 0.122 e. The lowest BCUT2D eigenvalue weighted by atomic mass is 9.67. The Kier molecular flexibility index (Phi) is 11.6. The standard InChI is InChI=1S/C30H41N3.ClH/c1-2-3-4-5-6-7-8-9-20-30(23-31)21-18-27(19-22-30)26-12-10-24(11-13-26)25-14-16-28(17-15-25)29(32)33;/h10-17,27H,2-9,18-22H2,1H3,(H3,32,33);1H. The van der Waals surface area contributed by atoms with Crippen molar-refractivity contribution < 1.29 is 0 Å². The molecular formula is C30H42ClN3. The fourth-order valence-corrected chi connectivity index (χ4v) is 5.31. The Balaban J connectivity index is 0.00000408. The summed E-state index contributed by atoms with van der Waals surface area (Å²) < 4.78 is 0. The van der Waals surface area contributed by atoms with Gasteiger partial charge in [0.1, 0.15) is 5.84 Å². The molecule has 0 atom stereocenters. The predicted molar refractivity (Wildman–Crippen MR) is 147 cm³/mol. The molecule has 2 aromatic rings. The highest BCUT2D eigenvalue weighted by molar-refractivity contribution is 5.95. The van der Waals surface area contributed by atoms with E-state index in [0.29, 0.717) is 5.92 Å². The number of unbranched alkanes of at least 4 members (excludes halogenated alkanes) is 7. The molecule has 0 spiro atoms. The van der Waals surface area contributed by atoms with Crippen LogP contribution in [-0.2, 0) is 0 Å². The Morgan fingerprint density at radius 1 is 0.882 bits per heavy atom. The van der Waals surface area contributed by atoms with Gasteiger partial charge in [0, 0.05) is 5.56 Å². The zero-order valence-corrected chi connectivity index (χ0v) is 21.6. The lowest BCUT2D eigenvalue weighted by Crippen LogP contribution is -2.25. The second kappa shape index (κ2) is 14.2. The molecule has 0 radical (unpaired) electrons. The van der Waals surface area contributed by atoms with E-state index in [1.165, 1.54) is 62.5 Å². The second-order valence-corrected chi connectivity index (χ2v) is 10.0. The number of nitrogens with one attached hydrogen (secondary N) is 1. The molecule has 1 aliphatic carbocycles. The van der Waals surface area contributed by atoms with Crippen molar-refractivity contribution >= 4 is 18.2 Å². The van der Waals surface area contributed by atoms with Crippen LogP contribution < -0.4 is 5.73 Å². The fraction of sp³-hybridized carbons (Fsp3) is 0.533. The monoisotopic (exact) mass is 479 g/mol. The lowest BCUT2D eigenvalue weighted by Gasteiger charge is -2.35. The van der Waals surface area contributed by atoms with E-state index in [-0.39, 0.29) is 23.7 Å². The third kappa shape index (κ3) is 7.88. The first-order chi connectivity index (χ1) is 16.1. The van der Waals surface area contributed by atoms with Gasteiger partial charge >= 0.3 is 0 Å². The number of nitrogen functional groups attached to an aromatic ring is 1. The van der Waals surface area contributed by atoms with Crippen molar-refractivity contribution in [1.29, 1.82) is 10.7 Å². The molecule has 0 heterocycles. The molecule has 34 heavy (non-hydrogen) atoms. The van der Waals surface area contributed by atoms with E-state index in [0.717, 1.165) is 43.2 Å². The van der Waals surface area contributed by atoms with Crippen molar-refractivity contribution in [3.63, 3.8) is 0 Å². The third-order valence-electron chi connectivity index (χ3n) is 7.60. The van der Waals surface area contributed by atoms with Crippen molar-refractivity contribution in [2.24, 2.45) is 11.1 Å². The van der Waals surface area contributed by atoms with Crippen LogP contribution in [0.3, 0.4) is 0 Å². The molecule has 0 aliphatic heterocycles. The molecule has 1 saturated carbocycles. The highest BCUT2D eigenvalue weighted by Crippen LogP contribution is 2.45. The summed E-state index contributed by atoms with van der Waals surface area (Å²) in [6.45, 7) is 2.27. The molecule has 0 unspecified atom stereocenters. The highest BCUT2D eigenvalue weighted by atomic mass is 35.5. The molecule has 1 aliphatic rings. The lowest BCUT2D eigenvalue weighted by molar-refractivity contribution is 0.222. The van der Waals surface area contributed by atoms with Crippen molar-refractivity contribution in [3.8, 4) is 17.2 Å². The first-order valence-electron chi connectivity index (χ1n) is 13.0. The minimum absolute atomic E-state index is 0. The first kappa shape index (κ1) is 27.9. The Morgan fingerprint density at radius 3 is 1.88 bits per heavy atom. The van der Waals surface area contributed by atoms with E-state index in [4.69, 9.17) is 11.1 Å². The summed E-state index contributed by atoms with van der Waals surface area (Å²) in [5.74, 6) is 0.671. The van der Waals surface area contributed by atoms with E-state index in [1.54, 1.807) is 0 Å². The van der Waals surface area contributed by atoms with E-state index < -0.39 is 0 Å². The topological polar surface area (TPSA) is 73.7 Å². The van der Waals surface area contributed by atoms with Crippen LogP contribution in [0.5, 0.6) is 0 Å². The number of amidine groups is 1. The maximum Gasteiger partial charge on any atom is 0.122 e. The van der Waals surface area contributed by atoms with E-state index in [2.05, 4.69) is 37.3 Å². The molecule has 1 fully saturated rings. The predicted octanol–water partition coefficient (Wildman–Crippen LogP) is 8.76. The normalized spacial score (nSPS) is 19.7. The van der Waals surface area contributed by atoms with Crippen LogP contribution in [0.2, 0.25) is 0 Å². The van der Waals surface area contributed by atoms with E-state index >= 15 is 0 Å². The number of nitrogens with two attached hydrogens (primary N) is 1. The summed E-state index contributed by atoms with van der Waals surface area (Å²) in [6.07, 6.45) is 16.0. The summed E-state index contributed by atoms with van der Waals surface area (Å²) in [5, 5.41) is 17.5. The van der Waals surface area contributed by atoms with Crippen LogP contribution in [0.1, 0.15) is 107 Å². The van der Waals surface area contributed by atoms with Gasteiger partial charge in [-0.05, 0) is 54.7 Å². The van der Waals surface area contributed by atoms with Gasteiger partial charge in [0.15, 0.2) is 0 Å². The number of benzene rings is 2. The molecule has 3 N–H and O–H groups in total. The zero-order valence-electron chi connectivity index (χ0n) is 20.8. The number of hydrogen-bond donors (Lipinski definition) is 2. The van der Waals surface area contributed by atoms with Crippen molar-refractivity contribution in [3.05, 3.63) is 59.7 Å². The molecule has 0 bridgehead atoms. The minimum atomic E-state index is -0.0862. The van der Waals surface area contributed by atoms with Crippen LogP contribution in [0.15, 0.2) is 48.5 Å². The molecule has 3 nitrogen and oxygen atoms in total. The molecule has 2 aromatic carbocycles. The number of nitrogens with zero attached hydrogens (tertiary/aromatic N) is 1. The van der Waals surface area contributed by atoms with Gasteiger partial charge in [-0.2, -0.15) is 5.26 Å². The molecule has 184 valence electrons. The maximum atomic E-state index is 9.94. The minimum Gasteiger partial charge on any atom is -0.384 e. The average Bonchev–Trinajstić information content (AvgIpc) is 2.86. The molecule has 0 amide bonds. The number of hydrogen-bond acceptors (Lipinski definition) is 2. The first-order valence-corrected chi connectivity index (χ1v) is 13.0. The quantitative estimate of drug-likeness (QED) is 0.181. The van der Waals surface area contributed by atoms with Crippen LogP contribution >= 0.6 is 12.4 Å². The zero-order chi connectivity index (χ0) is 23.5. The van der Waals surface area contributed by atoms with Crippen LogP contribution in [0.4, 0.5) is 0 Å². The summed E-state index contributed by atoms with van der Waals surface area (Å²) in [6, 6.07) is 19.5. The number of halogens is 1. The molecular weight excluding hydrogens is 438 g/mol. The van der Waals surface area contributed by atoms with Crippen molar-refractivity contribution in [2.75, 3.05) is 0 Å². The van der Waals surface area contributed by atoms with Gasteiger partial charge in [-0.3, -0.25) is 5.41 Å². The van der Waals surface area contributed by atoms with Crippen molar-refractivity contribution in [1.82, 2.24) is 0 Å².